The lowest BCUT2D eigenvalue weighted by Gasteiger charge is -2.15. The third-order valence-electron chi connectivity index (χ3n) is 4.34. The van der Waals surface area contributed by atoms with E-state index in [1.165, 1.54) is 18.3 Å². The van der Waals surface area contributed by atoms with Crippen molar-refractivity contribution in [3.8, 4) is 0 Å². The van der Waals surface area contributed by atoms with Gasteiger partial charge in [0.1, 0.15) is 16.9 Å². The first-order chi connectivity index (χ1) is 11.8. The zero-order valence-electron chi connectivity index (χ0n) is 13.2. The number of hydrogen-bond acceptors (Lipinski definition) is 7. The average Bonchev–Trinajstić information content (AvgIpc) is 3.23. The number of nitrogen functional groups attached to an aromatic ring is 1. The summed E-state index contributed by atoms with van der Waals surface area (Å²) in [4.78, 5) is 22.5. The number of hydrogen-bond donors (Lipinski definition) is 2. The van der Waals surface area contributed by atoms with Crippen LogP contribution in [0.3, 0.4) is 0 Å². The summed E-state index contributed by atoms with van der Waals surface area (Å²) in [7, 11) is 0. The number of H-pyrrole nitrogens is 1. The number of nitrogens with one attached hydrogen (secondary N) is 1. The quantitative estimate of drug-likeness (QED) is 0.685. The van der Waals surface area contributed by atoms with E-state index in [1.54, 1.807) is 24.2 Å². The van der Waals surface area contributed by atoms with Gasteiger partial charge in [-0.15, -0.1) is 11.8 Å². The fourth-order valence-electron chi connectivity index (χ4n) is 3.13. The summed E-state index contributed by atoms with van der Waals surface area (Å²) in [5.41, 5.74) is 8.83. The molecule has 1 aliphatic heterocycles. The summed E-state index contributed by atoms with van der Waals surface area (Å²) in [6.45, 7) is 3.10. The summed E-state index contributed by atoms with van der Waals surface area (Å²) in [6.07, 6.45) is 10.0. The first-order valence-corrected chi connectivity index (χ1v) is 8.96. The molecular formula is C16H19N7S. The molecule has 3 N–H and O–H groups in total. The molecular weight excluding hydrogens is 322 g/mol. The standard InChI is InChI=1S/C16H19N7S/c17-16-15-14(21-10-22-16)12(5-20-15)8-23-4-1-11(7-23)9-24-13-6-18-2-3-19-13/h2-3,5-6,10-11,20H,1,4,7-9H2,(H2,17,21,22)/t11-/m1/s1. The second-order valence-corrected chi connectivity index (χ2v) is 7.08. The highest BCUT2D eigenvalue weighted by atomic mass is 32.2. The Kier molecular flexibility index (Phi) is 4.31. The number of fused-ring (bicyclic) bond motifs is 1. The Balaban J connectivity index is 1.36. The molecule has 8 heteroatoms. The fraction of sp³-hybridized carbons (Fsp3) is 0.375. The van der Waals surface area contributed by atoms with Crippen molar-refractivity contribution in [2.45, 2.75) is 18.0 Å². The molecule has 0 bridgehead atoms. The van der Waals surface area contributed by atoms with Gasteiger partial charge in [-0.05, 0) is 18.9 Å². The summed E-state index contributed by atoms with van der Waals surface area (Å²) < 4.78 is 0. The molecule has 24 heavy (non-hydrogen) atoms. The highest BCUT2D eigenvalue weighted by molar-refractivity contribution is 7.99. The van der Waals surface area contributed by atoms with E-state index in [9.17, 15) is 0 Å². The number of anilines is 1. The predicted octanol–water partition coefficient (Wildman–Crippen LogP) is 1.94. The van der Waals surface area contributed by atoms with Crippen molar-refractivity contribution >= 4 is 28.6 Å². The van der Waals surface area contributed by atoms with Gasteiger partial charge in [0.15, 0.2) is 5.82 Å². The maximum absolute atomic E-state index is 5.88. The molecule has 0 aromatic carbocycles. The smallest absolute Gasteiger partial charge is 0.151 e. The molecule has 0 saturated carbocycles. The minimum atomic E-state index is 0.505. The van der Waals surface area contributed by atoms with E-state index in [2.05, 4.69) is 29.8 Å². The van der Waals surface area contributed by atoms with Crippen LogP contribution in [0, 0.1) is 5.92 Å². The molecule has 0 radical (unpaired) electrons. The Bertz CT molecular complexity index is 820. The van der Waals surface area contributed by atoms with Gasteiger partial charge in [0.25, 0.3) is 0 Å². The van der Waals surface area contributed by atoms with Crippen LogP contribution in [0.25, 0.3) is 11.0 Å². The Labute approximate surface area is 144 Å². The van der Waals surface area contributed by atoms with E-state index in [-0.39, 0.29) is 0 Å². The van der Waals surface area contributed by atoms with Gasteiger partial charge in [-0.1, -0.05) is 0 Å². The molecule has 7 nitrogen and oxygen atoms in total. The number of aromatic amines is 1. The van der Waals surface area contributed by atoms with E-state index in [0.29, 0.717) is 11.7 Å². The molecule has 3 aromatic heterocycles. The molecule has 4 rings (SSSR count). The van der Waals surface area contributed by atoms with Crippen molar-refractivity contribution in [3.63, 3.8) is 0 Å². The maximum atomic E-state index is 5.88. The van der Waals surface area contributed by atoms with Gasteiger partial charge in [-0.2, -0.15) is 0 Å². The lowest BCUT2D eigenvalue weighted by molar-refractivity contribution is 0.322. The minimum Gasteiger partial charge on any atom is -0.382 e. The van der Waals surface area contributed by atoms with Gasteiger partial charge in [-0.25, -0.2) is 15.0 Å². The van der Waals surface area contributed by atoms with Crippen LogP contribution < -0.4 is 5.73 Å². The molecule has 1 atom stereocenters. The van der Waals surface area contributed by atoms with Crippen LogP contribution in [-0.4, -0.2) is 48.7 Å². The molecule has 1 fully saturated rings. The summed E-state index contributed by atoms with van der Waals surface area (Å²) in [5.74, 6) is 2.27. The Morgan fingerprint density at radius 2 is 2.25 bits per heavy atom. The van der Waals surface area contributed by atoms with E-state index in [0.717, 1.165) is 41.4 Å². The van der Waals surface area contributed by atoms with Crippen LogP contribution in [-0.2, 0) is 6.54 Å². The fourth-order valence-corrected chi connectivity index (χ4v) is 4.08. The van der Waals surface area contributed by atoms with Gasteiger partial charge in [0.2, 0.25) is 0 Å². The zero-order chi connectivity index (χ0) is 16.4. The molecule has 4 heterocycles. The van der Waals surface area contributed by atoms with E-state index >= 15 is 0 Å². The first kappa shape index (κ1) is 15.3. The molecule has 124 valence electrons. The van der Waals surface area contributed by atoms with Gasteiger partial charge < -0.3 is 10.7 Å². The van der Waals surface area contributed by atoms with Crippen molar-refractivity contribution in [3.05, 3.63) is 36.7 Å². The van der Waals surface area contributed by atoms with Crippen molar-refractivity contribution < 1.29 is 0 Å². The molecule has 1 saturated heterocycles. The molecule has 0 aliphatic carbocycles. The van der Waals surface area contributed by atoms with Crippen molar-refractivity contribution in [2.24, 2.45) is 5.92 Å². The SMILES string of the molecule is Nc1ncnc2c(CN3CC[C@@H](CSc4cnccn4)C3)c[nH]c12. The number of nitrogens with two attached hydrogens (primary N) is 1. The lowest BCUT2D eigenvalue weighted by atomic mass is 10.2. The maximum Gasteiger partial charge on any atom is 0.151 e. The highest BCUT2D eigenvalue weighted by Gasteiger charge is 2.23. The molecule has 1 aliphatic rings. The van der Waals surface area contributed by atoms with Gasteiger partial charge in [0, 0.05) is 43.0 Å². The number of rotatable bonds is 5. The van der Waals surface area contributed by atoms with E-state index in [4.69, 9.17) is 5.73 Å². The molecule has 0 unspecified atom stereocenters. The number of aromatic nitrogens is 5. The van der Waals surface area contributed by atoms with Crippen LogP contribution in [0.5, 0.6) is 0 Å². The topological polar surface area (TPSA) is 96.6 Å². The third-order valence-corrected chi connectivity index (χ3v) is 5.49. The lowest BCUT2D eigenvalue weighted by Crippen LogP contribution is -2.20. The van der Waals surface area contributed by atoms with Crippen molar-refractivity contribution in [1.29, 1.82) is 0 Å². The number of likely N-dealkylation sites (tertiary alicyclic amines) is 1. The molecule has 0 amide bonds. The van der Waals surface area contributed by atoms with Gasteiger partial charge in [0.05, 0.1) is 11.7 Å². The third kappa shape index (κ3) is 3.20. The molecule has 3 aromatic rings. The summed E-state index contributed by atoms with van der Waals surface area (Å²) >= 11 is 1.79. The Hall–Kier alpha value is -2.19. The van der Waals surface area contributed by atoms with E-state index < -0.39 is 0 Å². The van der Waals surface area contributed by atoms with E-state index in [1.807, 2.05) is 12.4 Å². The normalized spacial score (nSPS) is 18.4. The van der Waals surface area contributed by atoms with Crippen molar-refractivity contribution in [1.82, 2.24) is 29.8 Å². The van der Waals surface area contributed by atoms with Crippen LogP contribution >= 0.6 is 11.8 Å². The van der Waals surface area contributed by atoms with Crippen LogP contribution in [0.15, 0.2) is 36.1 Å². The largest absolute Gasteiger partial charge is 0.382 e. The molecule has 0 spiro atoms. The Morgan fingerprint density at radius 1 is 1.29 bits per heavy atom. The van der Waals surface area contributed by atoms with Crippen molar-refractivity contribution in [2.75, 3.05) is 24.6 Å². The summed E-state index contributed by atoms with van der Waals surface area (Å²) in [6, 6.07) is 0. The van der Waals surface area contributed by atoms with Crippen LogP contribution in [0.1, 0.15) is 12.0 Å². The summed E-state index contributed by atoms with van der Waals surface area (Å²) in [5, 5.41) is 1.000. The van der Waals surface area contributed by atoms with Crippen LogP contribution in [0.4, 0.5) is 5.82 Å². The van der Waals surface area contributed by atoms with Gasteiger partial charge in [-0.3, -0.25) is 9.88 Å². The Morgan fingerprint density at radius 3 is 3.12 bits per heavy atom. The van der Waals surface area contributed by atoms with Crippen LogP contribution in [0.2, 0.25) is 0 Å². The number of thioether (sulfide) groups is 1. The highest BCUT2D eigenvalue weighted by Crippen LogP contribution is 2.27. The second kappa shape index (κ2) is 6.74. The second-order valence-electron chi connectivity index (χ2n) is 6.04. The first-order valence-electron chi connectivity index (χ1n) is 7.97. The monoisotopic (exact) mass is 341 g/mol. The zero-order valence-corrected chi connectivity index (χ0v) is 14.0. The average molecular weight is 341 g/mol. The van der Waals surface area contributed by atoms with Gasteiger partial charge >= 0.3 is 0 Å². The minimum absolute atomic E-state index is 0.505. The number of nitrogens with zero attached hydrogens (tertiary/aromatic N) is 5. The predicted molar refractivity (Wildman–Crippen MR) is 94.4 cm³/mol.